The summed E-state index contributed by atoms with van der Waals surface area (Å²) in [6.45, 7) is 1.98. The molecule has 4 nitrogen and oxygen atoms in total. The minimum Gasteiger partial charge on any atom is -0.325 e. The van der Waals surface area contributed by atoms with Gasteiger partial charge in [-0.15, -0.1) is 0 Å². The third kappa shape index (κ3) is 2.36. The van der Waals surface area contributed by atoms with Crippen LogP contribution in [0.4, 0.5) is 11.6 Å². The molecule has 3 rings (SSSR count). The van der Waals surface area contributed by atoms with Crippen LogP contribution < -0.4 is 10.9 Å². The van der Waals surface area contributed by atoms with E-state index in [4.69, 9.17) is 11.6 Å². The van der Waals surface area contributed by atoms with Crippen molar-refractivity contribution in [2.24, 2.45) is 0 Å². The van der Waals surface area contributed by atoms with Crippen molar-refractivity contribution >= 4 is 23.2 Å². The number of nitrogens with zero attached hydrogens (tertiary/aromatic N) is 1. The number of nitrogens with one attached hydrogen (secondary N) is 2. The molecule has 0 amide bonds. The maximum Gasteiger partial charge on any atom is 0.255 e. The van der Waals surface area contributed by atoms with Crippen molar-refractivity contribution in [3.05, 3.63) is 50.4 Å². The molecule has 1 aromatic carbocycles. The van der Waals surface area contributed by atoms with Gasteiger partial charge in [0.2, 0.25) is 5.95 Å². The minimum absolute atomic E-state index is 0.0373. The van der Waals surface area contributed by atoms with E-state index in [1.807, 2.05) is 25.1 Å². The topological polar surface area (TPSA) is 57.8 Å². The third-order valence-electron chi connectivity index (χ3n) is 3.39. The molecule has 19 heavy (non-hydrogen) atoms. The number of rotatable bonds is 2. The van der Waals surface area contributed by atoms with Crippen LogP contribution in [0.5, 0.6) is 0 Å². The third-order valence-corrected chi connectivity index (χ3v) is 3.63. The fraction of sp³-hybridized carbons (Fsp3) is 0.286. The smallest absolute Gasteiger partial charge is 0.255 e. The van der Waals surface area contributed by atoms with Crippen molar-refractivity contribution in [2.45, 2.75) is 26.2 Å². The first-order chi connectivity index (χ1) is 9.13. The average Bonchev–Trinajstić information content (AvgIpc) is 2.82. The number of H-pyrrole nitrogens is 1. The van der Waals surface area contributed by atoms with Crippen LogP contribution in [0.25, 0.3) is 0 Å². The van der Waals surface area contributed by atoms with Crippen molar-refractivity contribution in [3.63, 3.8) is 0 Å². The Morgan fingerprint density at radius 1 is 1.37 bits per heavy atom. The predicted molar refractivity (Wildman–Crippen MR) is 76.4 cm³/mol. The van der Waals surface area contributed by atoms with Gasteiger partial charge in [-0.1, -0.05) is 17.7 Å². The molecule has 0 radical (unpaired) electrons. The second kappa shape index (κ2) is 4.70. The van der Waals surface area contributed by atoms with Crippen molar-refractivity contribution in [2.75, 3.05) is 5.32 Å². The van der Waals surface area contributed by atoms with Gasteiger partial charge in [-0.2, -0.15) is 0 Å². The van der Waals surface area contributed by atoms with Gasteiger partial charge in [0.25, 0.3) is 5.56 Å². The van der Waals surface area contributed by atoms with E-state index in [9.17, 15) is 4.79 Å². The number of aryl methyl sites for hydroxylation is 2. The molecule has 1 aliphatic carbocycles. The van der Waals surface area contributed by atoms with E-state index in [0.717, 1.165) is 41.8 Å². The molecule has 0 atom stereocenters. The largest absolute Gasteiger partial charge is 0.325 e. The van der Waals surface area contributed by atoms with Gasteiger partial charge in [0.05, 0.1) is 5.69 Å². The first-order valence-corrected chi connectivity index (χ1v) is 6.66. The van der Waals surface area contributed by atoms with E-state index in [1.54, 1.807) is 0 Å². The summed E-state index contributed by atoms with van der Waals surface area (Å²) < 4.78 is 0. The van der Waals surface area contributed by atoms with E-state index in [1.165, 1.54) is 0 Å². The molecular weight excluding hydrogens is 262 g/mol. The van der Waals surface area contributed by atoms with Crippen LogP contribution in [0.15, 0.2) is 23.0 Å². The molecule has 2 aromatic rings. The Labute approximate surface area is 115 Å². The lowest BCUT2D eigenvalue weighted by Crippen LogP contribution is -2.16. The summed E-state index contributed by atoms with van der Waals surface area (Å²) in [5.74, 6) is 0.482. The first kappa shape index (κ1) is 12.2. The highest BCUT2D eigenvalue weighted by molar-refractivity contribution is 6.30. The normalized spacial score (nSPS) is 13.4. The summed E-state index contributed by atoms with van der Waals surface area (Å²) in [6.07, 6.45) is 2.71. The Hall–Kier alpha value is -1.81. The van der Waals surface area contributed by atoms with Crippen LogP contribution in [0, 0.1) is 6.92 Å². The van der Waals surface area contributed by atoms with Gasteiger partial charge in [0, 0.05) is 16.3 Å². The van der Waals surface area contributed by atoms with Gasteiger partial charge >= 0.3 is 0 Å². The Balaban J connectivity index is 1.98. The summed E-state index contributed by atoms with van der Waals surface area (Å²) in [7, 11) is 0. The van der Waals surface area contributed by atoms with E-state index < -0.39 is 0 Å². The Kier molecular flexibility index (Phi) is 3.03. The lowest BCUT2D eigenvalue weighted by molar-refractivity contribution is 0.899. The minimum atomic E-state index is -0.0373. The molecule has 1 aliphatic rings. The number of fused-ring (bicyclic) bond motifs is 1. The summed E-state index contributed by atoms with van der Waals surface area (Å²) in [5.41, 5.74) is 3.60. The van der Waals surface area contributed by atoms with Crippen LogP contribution in [-0.4, -0.2) is 9.97 Å². The summed E-state index contributed by atoms with van der Waals surface area (Å²) in [6, 6.07) is 5.58. The zero-order chi connectivity index (χ0) is 13.4. The zero-order valence-corrected chi connectivity index (χ0v) is 11.3. The Morgan fingerprint density at radius 2 is 2.21 bits per heavy atom. The van der Waals surface area contributed by atoms with Crippen LogP contribution in [0.3, 0.4) is 0 Å². The highest BCUT2D eigenvalue weighted by atomic mass is 35.5. The number of aromatic nitrogens is 2. The quantitative estimate of drug-likeness (QED) is 0.886. The van der Waals surface area contributed by atoms with E-state index >= 15 is 0 Å². The molecule has 0 spiro atoms. The van der Waals surface area contributed by atoms with Crippen molar-refractivity contribution < 1.29 is 0 Å². The molecule has 0 bridgehead atoms. The summed E-state index contributed by atoms with van der Waals surface area (Å²) in [5, 5.41) is 3.78. The Morgan fingerprint density at radius 3 is 3.05 bits per heavy atom. The maximum atomic E-state index is 11.9. The number of aromatic amines is 1. The van der Waals surface area contributed by atoms with E-state index in [-0.39, 0.29) is 5.56 Å². The van der Waals surface area contributed by atoms with Gasteiger partial charge in [0.15, 0.2) is 0 Å². The fourth-order valence-electron chi connectivity index (χ4n) is 2.36. The van der Waals surface area contributed by atoms with E-state index in [2.05, 4.69) is 15.3 Å². The predicted octanol–water partition coefficient (Wildman–Crippen LogP) is 2.96. The van der Waals surface area contributed by atoms with Gasteiger partial charge < -0.3 is 5.32 Å². The van der Waals surface area contributed by atoms with Crippen molar-refractivity contribution in [1.82, 2.24) is 9.97 Å². The standard InChI is InChI=1S/C14H14ClN3O/c1-8-5-6-9(15)7-12(8)17-14-16-11-4-2-3-10(11)13(19)18-14/h5-7H,2-4H2,1H3,(H2,16,17,18,19). The molecule has 98 valence electrons. The molecule has 0 fully saturated rings. The monoisotopic (exact) mass is 275 g/mol. The van der Waals surface area contributed by atoms with Gasteiger partial charge in [-0.3, -0.25) is 9.78 Å². The highest BCUT2D eigenvalue weighted by Crippen LogP contribution is 2.23. The molecule has 0 saturated carbocycles. The van der Waals surface area contributed by atoms with Gasteiger partial charge in [0.1, 0.15) is 0 Å². The van der Waals surface area contributed by atoms with Crippen LogP contribution in [0.1, 0.15) is 23.2 Å². The molecule has 5 heteroatoms. The zero-order valence-electron chi connectivity index (χ0n) is 10.6. The summed E-state index contributed by atoms with van der Waals surface area (Å²) in [4.78, 5) is 19.2. The van der Waals surface area contributed by atoms with Crippen LogP contribution >= 0.6 is 11.6 Å². The van der Waals surface area contributed by atoms with Crippen LogP contribution in [0.2, 0.25) is 5.02 Å². The second-order valence-corrected chi connectivity index (χ2v) is 5.21. The SMILES string of the molecule is Cc1ccc(Cl)cc1Nc1nc2c(c(=O)[nH]1)CCC2. The second-order valence-electron chi connectivity index (χ2n) is 4.78. The Bertz CT molecular complexity index is 694. The van der Waals surface area contributed by atoms with Gasteiger partial charge in [-0.05, 0) is 43.9 Å². The molecule has 1 aromatic heterocycles. The molecule has 0 saturated heterocycles. The number of halogens is 1. The lowest BCUT2D eigenvalue weighted by Gasteiger charge is -2.10. The van der Waals surface area contributed by atoms with E-state index in [0.29, 0.717) is 11.0 Å². The molecule has 0 unspecified atom stereocenters. The van der Waals surface area contributed by atoms with Gasteiger partial charge in [-0.25, -0.2) is 4.98 Å². The molecule has 2 N–H and O–H groups in total. The van der Waals surface area contributed by atoms with Crippen molar-refractivity contribution in [3.8, 4) is 0 Å². The lowest BCUT2D eigenvalue weighted by atomic mass is 10.2. The number of hydrogen-bond donors (Lipinski definition) is 2. The number of anilines is 2. The number of benzene rings is 1. The molecular formula is C14H14ClN3O. The highest BCUT2D eigenvalue weighted by Gasteiger charge is 2.17. The fourth-order valence-corrected chi connectivity index (χ4v) is 2.53. The molecule has 1 heterocycles. The van der Waals surface area contributed by atoms with Crippen molar-refractivity contribution in [1.29, 1.82) is 0 Å². The first-order valence-electron chi connectivity index (χ1n) is 6.29. The maximum absolute atomic E-state index is 11.9. The summed E-state index contributed by atoms with van der Waals surface area (Å²) >= 11 is 5.98. The number of hydrogen-bond acceptors (Lipinski definition) is 3. The molecule has 0 aliphatic heterocycles. The van der Waals surface area contributed by atoms with Crippen LogP contribution in [-0.2, 0) is 12.8 Å². The average molecular weight is 276 g/mol.